The van der Waals surface area contributed by atoms with Crippen molar-refractivity contribution in [1.82, 2.24) is 0 Å². The number of nitrogens with zero attached hydrogens (tertiary/aromatic N) is 1. The smallest absolute Gasteiger partial charge is 0.266 e. The van der Waals surface area contributed by atoms with Gasteiger partial charge in [-0.15, -0.1) is 0 Å². The van der Waals surface area contributed by atoms with Crippen molar-refractivity contribution < 1.29 is 14.3 Å². The minimum Gasteiger partial charge on any atom is -0.493 e. The Morgan fingerprint density at radius 2 is 1.82 bits per heavy atom. The van der Waals surface area contributed by atoms with E-state index in [0.29, 0.717) is 29.4 Å². The van der Waals surface area contributed by atoms with Gasteiger partial charge in [-0.3, -0.25) is 4.79 Å². The summed E-state index contributed by atoms with van der Waals surface area (Å²) in [7, 11) is 1.56. The minimum atomic E-state index is -0.459. The van der Waals surface area contributed by atoms with E-state index in [1.807, 2.05) is 68.4 Å². The van der Waals surface area contributed by atoms with Crippen molar-refractivity contribution >= 4 is 56.2 Å². The van der Waals surface area contributed by atoms with E-state index in [2.05, 4.69) is 43.8 Å². The predicted molar refractivity (Wildman–Crippen MR) is 142 cm³/mol. The largest absolute Gasteiger partial charge is 0.493 e. The van der Waals surface area contributed by atoms with Gasteiger partial charge in [-0.25, -0.2) is 0 Å². The summed E-state index contributed by atoms with van der Waals surface area (Å²) in [6.07, 6.45) is 1.55. The molecule has 5 nitrogen and oxygen atoms in total. The number of nitrogens with one attached hydrogen (secondary N) is 1. The number of carbonyl (C=O) groups excluding carboxylic acids is 1. The fourth-order valence-corrected chi connectivity index (χ4v) is 4.25. The summed E-state index contributed by atoms with van der Waals surface area (Å²) in [5.41, 5.74) is 4.27. The monoisotopic (exact) mass is 616 g/mol. The highest BCUT2D eigenvalue weighted by molar-refractivity contribution is 14.1. The number of aryl methyl sites for hydroxylation is 2. The fourth-order valence-electron chi connectivity index (χ4n) is 3.21. The van der Waals surface area contributed by atoms with Crippen molar-refractivity contribution in [3.63, 3.8) is 0 Å². The van der Waals surface area contributed by atoms with Crippen molar-refractivity contribution in [2.75, 3.05) is 12.4 Å². The molecule has 0 fully saturated rings. The SMILES string of the molecule is COc1cc(/C=C(/C#N)C(=O)Nc2c(C)cccc2C)cc(I)c1OCc1ccc(Br)cc1. The number of hydrogen-bond donors (Lipinski definition) is 1. The molecule has 3 aromatic rings. The molecule has 0 spiro atoms. The van der Waals surface area contributed by atoms with Crippen LogP contribution < -0.4 is 14.8 Å². The number of halogens is 2. The highest BCUT2D eigenvalue weighted by Gasteiger charge is 2.15. The second-order valence-corrected chi connectivity index (χ2v) is 9.42. The molecule has 168 valence electrons. The van der Waals surface area contributed by atoms with Crippen LogP contribution in [0.1, 0.15) is 22.3 Å². The molecule has 0 heterocycles. The topological polar surface area (TPSA) is 71.3 Å². The molecule has 0 atom stereocenters. The summed E-state index contributed by atoms with van der Waals surface area (Å²) in [6, 6.07) is 19.2. The maximum absolute atomic E-state index is 12.8. The number of para-hydroxylation sites is 1. The lowest BCUT2D eigenvalue weighted by Crippen LogP contribution is -2.15. The summed E-state index contributed by atoms with van der Waals surface area (Å²) in [5, 5.41) is 12.5. The quantitative estimate of drug-likeness (QED) is 0.180. The molecule has 33 heavy (non-hydrogen) atoms. The first kappa shape index (κ1) is 24.8. The van der Waals surface area contributed by atoms with Gasteiger partial charge in [0.25, 0.3) is 5.91 Å². The summed E-state index contributed by atoms with van der Waals surface area (Å²) < 4.78 is 13.4. The first-order chi connectivity index (χ1) is 15.8. The number of carbonyl (C=O) groups is 1. The number of amides is 1. The molecule has 1 N–H and O–H groups in total. The molecule has 0 aliphatic rings. The zero-order valence-electron chi connectivity index (χ0n) is 18.4. The van der Waals surface area contributed by atoms with Gasteiger partial charge < -0.3 is 14.8 Å². The third-order valence-electron chi connectivity index (χ3n) is 4.94. The third-order valence-corrected chi connectivity index (χ3v) is 6.27. The van der Waals surface area contributed by atoms with Crippen molar-refractivity contribution in [2.45, 2.75) is 20.5 Å². The molecule has 0 aliphatic carbocycles. The van der Waals surface area contributed by atoms with Gasteiger partial charge in [-0.05, 0) is 89.0 Å². The second-order valence-electron chi connectivity index (χ2n) is 7.34. The fraction of sp³-hybridized carbons (Fsp3) is 0.154. The number of nitriles is 1. The molecule has 0 aromatic heterocycles. The predicted octanol–water partition coefficient (Wildman–Crippen LogP) is 6.80. The Labute approximate surface area is 215 Å². The van der Waals surface area contributed by atoms with E-state index in [9.17, 15) is 10.1 Å². The Balaban J connectivity index is 1.84. The zero-order chi connectivity index (χ0) is 24.0. The lowest BCUT2D eigenvalue weighted by atomic mass is 10.1. The van der Waals surface area contributed by atoms with Crippen molar-refractivity contribution in [3.05, 3.63) is 90.5 Å². The molecule has 0 bridgehead atoms. The molecule has 0 saturated heterocycles. The molecule has 3 aromatic carbocycles. The lowest BCUT2D eigenvalue weighted by Gasteiger charge is -2.14. The van der Waals surface area contributed by atoms with Gasteiger partial charge in [0.1, 0.15) is 18.2 Å². The number of methoxy groups -OCH3 is 1. The Bertz CT molecular complexity index is 1230. The lowest BCUT2D eigenvalue weighted by molar-refractivity contribution is -0.112. The number of rotatable bonds is 7. The summed E-state index contributed by atoms with van der Waals surface area (Å²) in [6.45, 7) is 4.22. The average molecular weight is 617 g/mol. The van der Waals surface area contributed by atoms with E-state index >= 15 is 0 Å². The molecule has 0 radical (unpaired) electrons. The average Bonchev–Trinajstić information content (AvgIpc) is 2.79. The molecule has 0 saturated carbocycles. The van der Waals surface area contributed by atoms with Crippen LogP contribution in [-0.2, 0) is 11.4 Å². The Hall–Kier alpha value is -2.83. The Morgan fingerprint density at radius 1 is 1.15 bits per heavy atom. The van der Waals surface area contributed by atoms with Gasteiger partial charge in [0.15, 0.2) is 11.5 Å². The summed E-state index contributed by atoms with van der Waals surface area (Å²) in [4.78, 5) is 12.8. The van der Waals surface area contributed by atoms with Gasteiger partial charge in [0, 0.05) is 10.2 Å². The van der Waals surface area contributed by atoms with E-state index in [1.54, 1.807) is 19.3 Å². The van der Waals surface area contributed by atoms with Crippen LogP contribution in [0.25, 0.3) is 6.08 Å². The van der Waals surface area contributed by atoms with Gasteiger partial charge in [0.2, 0.25) is 0 Å². The number of ether oxygens (including phenoxy) is 2. The minimum absolute atomic E-state index is 0.000892. The summed E-state index contributed by atoms with van der Waals surface area (Å²) >= 11 is 5.59. The number of hydrogen-bond acceptors (Lipinski definition) is 4. The first-order valence-corrected chi connectivity index (χ1v) is 11.9. The number of benzene rings is 3. The van der Waals surface area contributed by atoms with Crippen LogP contribution in [-0.4, -0.2) is 13.0 Å². The van der Waals surface area contributed by atoms with Crippen molar-refractivity contribution in [1.29, 1.82) is 5.26 Å². The highest BCUT2D eigenvalue weighted by atomic mass is 127. The van der Waals surface area contributed by atoms with Crippen molar-refractivity contribution in [3.8, 4) is 17.6 Å². The maximum Gasteiger partial charge on any atom is 0.266 e. The van der Waals surface area contributed by atoms with Crippen molar-refractivity contribution in [2.24, 2.45) is 0 Å². The van der Waals surface area contributed by atoms with Crippen LogP contribution in [0.15, 0.2) is 64.6 Å². The Morgan fingerprint density at radius 3 is 2.42 bits per heavy atom. The van der Waals surface area contributed by atoms with E-state index in [-0.39, 0.29) is 5.57 Å². The maximum atomic E-state index is 12.8. The van der Waals surface area contributed by atoms with Gasteiger partial charge >= 0.3 is 0 Å². The van der Waals surface area contributed by atoms with Gasteiger partial charge in [0.05, 0.1) is 10.7 Å². The molecule has 7 heteroatoms. The third kappa shape index (κ3) is 6.36. The van der Waals surface area contributed by atoms with Crippen LogP contribution in [0.4, 0.5) is 5.69 Å². The highest BCUT2D eigenvalue weighted by Crippen LogP contribution is 2.35. The van der Waals surface area contributed by atoms with E-state index in [0.717, 1.165) is 24.7 Å². The molecule has 3 rings (SSSR count). The van der Waals surface area contributed by atoms with E-state index in [1.165, 1.54) is 0 Å². The molecular weight excluding hydrogens is 595 g/mol. The second kappa shape index (κ2) is 11.3. The van der Waals surface area contributed by atoms with Gasteiger partial charge in [-0.2, -0.15) is 5.26 Å². The van der Waals surface area contributed by atoms with E-state index in [4.69, 9.17) is 9.47 Å². The molecule has 0 unspecified atom stereocenters. The summed E-state index contributed by atoms with van der Waals surface area (Å²) in [5.74, 6) is 0.675. The Kier molecular flexibility index (Phi) is 8.53. The van der Waals surface area contributed by atoms with E-state index < -0.39 is 5.91 Å². The van der Waals surface area contributed by atoms with Crippen LogP contribution in [0.3, 0.4) is 0 Å². The van der Waals surface area contributed by atoms with Crippen LogP contribution in [0.2, 0.25) is 0 Å². The molecule has 0 aliphatic heterocycles. The first-order valence-electron chi connectivity index (χ1n) is 10.1. The van der Waals surface area contributed by atoms with Crippen LogP contribution in [0.5, 0.6) is 11.5 Å². The number of anilines is 1. The van der Waals surface area contributed by atoms with Crippen LogP contribution >= 0.6 is 38.5 Å². The molecular formula is C26H22BrIN2O3. The zero-order valence-corrected chi connectivity index (χ0v) is 22.2. The van der Waals surface area contributed by atoms with Gasteiger partial charge in [-0.1, -0.05) is 46.3 Å². The standard InChI is InChI=1S/C26H22BrIN2O3/c1-16-5-4-6-17(2)24(16)30-26(31)20(14-29)11-19-12-22(28)25(23(13-19)32-3)33-15-18-7-9-21(27)10-8-18/h4-13H,15H2,1-3H3,(H,30,31)/b20-11-. The normalized spacial score (nSPS) is 11.0. The van der Waals surface area contributed by atoms with Crippen LogP contribution in [0, 0.1) is 28.7 Å². The molecule has 1 amide bonds.